The quantitative estimate of drug-likeness (QED) is 0.789. The third-order valence-electron chi connectivity index (χ3n) is 3.29. The SMILES string of the molecule is COC(=O)CCc1cccc(CC2(N)CC2)c1. The van der Waals surface area contributed by atoms with Gasteiger partial charge in [-0.15, -0.1) is 0 Å². The predicted molar refractivity (Wildman–Crippen MR) is 66.6 cm³/mol. The van der Waals surface area contributed by atoms with Crippen LogP contribution in [-0.4, -0.2) is 18.6 Å². The predicted octanol–water partition coefficient (Wildman–Crippen LogP) is 1.83. The van der Waals surface area contributed by atoms with E-state index in [9.17, 15) is 4.79 Å². The highest BCUT2D eigenvalue weighted by molar-refractivity contribution is 5.69. The summed E-state index contributed by atoms with van der Waals surface area (Å²) in [6.07, 6.45) is 4.36. The Morgan fingerprint density at radius 3 is 2.76 bits per heavy atom. The van der Waals surface area contributed by atoms with E-state index in [4.69, 9.17) is 5.73 Å². The van der Waals surface area contributed by atoms with Gasteiger partial charge in [-0.2, -0.15) is 0 Å². The van der Waals surface area contributed by atoms with Gasteiger partial charge in [0.05, 0.1) is 7.11 Å². The van der Waals surface area contributed by atoms with Crippen molar-refractivity contribution in [2.45, 2.75) is 37.6 Å². The lowest BCUT2D eigenvalue weighted by molar-refractivity contribution is -0.140. The first kappa shape index (κ1) is 12.1. The van der Waals surface area contributed by atoms with Crippen molar-refractivity contribution in [2.24, 2.45) is 5.73 Å². The van der Waals surface area contributed by atoms with E-state index in [-0.39, 0.29) is 11.5 Å². The lowest BCUT2D eigenvalue weighted by Gasteiger charge is -2.09. The van der Waals surface area contributed by atoms with E-state index in [0.717, 1.165) is 25.7 Å². The van der Waals surface area contributed by atoms with E-state index in [1.807, 2.05) is 12.1 Å². The normalized spacial score (nSPS) is 16.6. The van der Waals surface area contributed by atoms with Crippen LogP contribution >= 0.6 is 0 Å². The Hall–Kier alpha value is -1.35. The summed E-state index contributed by atoms with van der Waals surface area (Å²) in [6.45, 7) is 0. The van der Waals surface area contributed by atoms with Crippen LogP contribution in [0.5, 0.6) is 0 Å². The molecule has 0 unspecified atom stereocenters. The molecule has 0 spiro atoms. The maximum Gasteiger partial charge on any atom is 0.305 e. The zero-order chi connectivity index (χ0) is 12.3. The molecule has 3 nitrogen and oxygen atoms in total. The molecule has 92 valence electrons. The maximum atomic E-state index is 11.1. The van der Waals surface area contributed by atoms with Crippen LogP contribution in [0, 0.1) is 0 Å². The van der Waals surface area contributed by atoms with Gasteiger partial charge in [-0.25, -0.2) is 0 Å². The van der Waals surface area contributed by atoms with Gasteiger partial charge >= 0.3 is 5.97 Å². The molecular formula is C14H19NO2. The Bertz CT molecular complexity index is 410. The van der Waals surface area contributed by atoms with Crippen LogP contribution in [0.1, 0.15) is 30.4 Å². The molecule has 0 bridgehead atoms. The molecule has 2 N–H and O–H groups in total. The molecular weight excluding hydrogens is 214 g/mol. The highest BCUT2D eigenvalue weighted by Gasteiger charge is 2.37. The topological polar surface area (TPSA) is 52.3 Å². The van der Waals surface area contributed by atoms with E-state index < -0.39 is 0 Å². The maximum absolute atomic E-state index is 11.1. The molecule has 1 aromatic carbocycles. The Kier molecular flexibility index (Phi) is 3.48. The van der Waals surface area contributed by atoms with E-state index in [2.05, 4.69) is 16.9 Å². The summed E-state index contributed by atoms with van der Waals surface area (Å²) in [4.78, 5) is 11.1. The smallest absolute Gasteiger partial charge is 0.305 e. The third kappa shape index (κ3) is 3.56. The van der Waals surface area contributed by atoms with Gasteiger partial charge in [0, 0.05) is 12.0 Å². The van der Waals surface area contributed by atoms with Gasteiger partial charge in [0.15, 0.2) is 0 Å². The number of carbonyl (C=O) groups excluding carboxylic acids is 1. The number of rotatable bonds is 5. The lowest BCUT2D eigenvalue weighted by Crippen LogP contribution is -2.24. The Morgan fingerprint density at radius 2 is 2.12 bits per heavy atom. The van der Waals surface area contributed by atoms with Crippen LogP contribution < -0.4 is 5.73 Å². The van der Waals surface area contributed by atoms with E-state index in [1.54, 1.807) is 0 Å². The highest BCUT2D eigenvalue weighted by atomic mass is 16.5. The average Bonchev–Trinajstić information content (AvgIpc) is 3.04. The third-order valence-corrected chi connectivity index (χ3v) is 3.29. The van der Waals surface area contributed by atoms with Crippen LogP contribution in [0.15, 0.2) is 24.3 Å². The first-order valence-corrected chi connectivity index (χ1v) is 6.05. The average molecular weight is 233 g/mol. The molecule has 1 aliphatic rings. The summed E-state index contributed by atoms with van der Waals surface area (Å²) in [5, 5.41) is 0. The number of esters is 1. The fourth-order valence-corrected chi connectivity index (χ4v) is 1.99. The summed E-state index contributed by atoms with van der Waals surface area (Å²) >= 11 is 0. The van der Waals surface area contributed by atoms with Gasteiger partial charge in [-0.3, -0.25) is 4.79 Å². The Morgan fingerprint density at radius 1 is 1.41 bits per heavy atom. The fourth-order valence-electron chi connectivity index (χ4n) is 1.99. The second-order valence-electron chi connectivity index (χ2n) is 4.94. The minimum absolute atomic E-state index is 0.0426. The molecule has 1 fully saturated rings. The van der Waals surface area contributed by atoms with Crippen molar-refractivity contribution in [3.63, 3.8) is 0 Å². The van der Waals surface area contributed by atoms with E-state index in [1.165, 1.54) is 18.2 Å². The minimum Gasteiger partial charge on any atom is -0.469 e. The van der Waals surface area contributed by atoms with Gasteiger partial charge in [0.2, 0.25) is 0 Å². The standard InChI is InChI=1S/C14H19NO2/c1-17-13(16)6-5-11-3-2-4-12(9-11)10-14(15)7-8-14/h2-4,9H,5-8,10,15H2,1H3. The molecule has 2 rings (SSSR count). The zero-order valence-corrected chi connectivity index (χ0v) is 10.2. The molecule has 1 aromatic rings. The van der Waals surface area contributed by atoms with E-state index >= 15 is 0 Å². The van der Waals surface area contributed by atoms with Crippen molar-refractivity contribution in [2.75, 3.05) is 7.11 Å². The summed E-state index contributed by atoms with van der Waals surface area (Å²) in [7, 11) is 1.42. The molecule has 0 aliphatic heterocycles. The van der Waals surface area contributed by atoms with Crippen LogP contribution in [0.25, 0.3) is 0 Å². The molecule has 1 aliphatic carbocycles. The second kappa shape index (κ2) is 4.88. The van der Waals surface area contributed by atoms with Gasteiger partial charge < -0.3 is 10.5 Å². The number of methoxy groups -OCH3 is 1. The van der Waals surface area contributed by atoms with Gasteiger partial charge in [0.1, 0.15) is 0 Å². The molecule has 0 heterocycles. The number of ether oxygens (including phenoxy) is 1. The van der Waals surface area contributed by atoms with Crippen LogP contribution in [0.3, 0.4) is 0 Å². The molecule has 0 radical (unpaired) electrons. The van der Waals surface area contributed by atoms with Gasteiger partial charge in [-0.05, 0) is 36.8 Å². The van der Waals surface area contributed by atoms with Crippen LogP contribution in [0.4, 0.5) is 0 Å². The largest absolute Gasteiger partial charge is 0.469 e. The highest BCUT2D eigenvalue weighted by Crippen LogP contribution is 2.35. The van der Waals surface area contributed by atoms with Gasteiger partial charge in [0.25, 0.3) is 0 Å². The Balaban J connectivity index is 1.94. The number of hydrogen-bond acceptors (Lipinski definition) is 3. The summed E-state index contributed by atoms with van der Waals surface area (Å²) in [5.41, 5.74) is 8.59. The van der Waals surface area contributed by atoms with Crippen molar-refractivity contribution in [1.29, 1.82) is 0 Å². The molecule has 17 heavy (non-hydrogen) atoms. The minimum atomic E-state index is -0.159. The fraction of sp³-hybridized carbons (Fsp3) is 0.500. The number of carbonyl (C=O) groups is 1. The van der Waals surface area contributed by atoms with Crippen molar-refractivity contribution < 1.29 is 9.53 Å². The first-order valence-electron chi connectivity index (χ1n) is 6.05. The molecule has 0 saturated heterocycles. The van der Waals surface area contributed by atoms with Crippen LogP contribution in [-0.2, 0) is 22.4 Å². The summed E-state index contributed by atoms with van der Waals surface area (Å²) < 4.78 is 4.63. The number of hydrogen-bond donors (Lipinski definition) is 1. The van der Waals surface area contributed by atoms with Crippen molar-refractivity contribution >= 4 is 5.97 Å². The molecule has 0 aromatic heterocycles. The zero-order valence-electron chi connectivity index (χ0n) is 10.2. The van der Waals surface area contributed by atoms with Crippen molar-refractivity contribution in [3.05, 3.63) is 35.4 Å². The first-order chi connectivity index (χ1) is 8.11. The second-order valence-corrected chi connectivity index (χ2v) is 4.94. The number of nitrogens with two attached hydrogens (primary N) is 1. The Labute approximate surface area is 102 Å². The van der Waals surface area contributed by atoms with Crippen LogP contribution in [0.2, 0.25) is 0 Å². The van der Waals surface area contributed by atoms with Crippen molar-refractivity contribution in [3.8, 4) is 0 Å². The summed E-state index contributed by atoms with van der Waals surface area (Å²) in [5.74, 6) is -0.159. The molecule has 0 atom stereocenters. The number of benzene rings is 1. The van der Waals surface area contributed by atoms with E-state index in [0.29, 0.717) is 6.42 Å². The van der Waals surface area contributed by atoms with Gasteiger partial charge in [-0.1, -0.05) is 24.3 Å². The molecule has 1 saturated carbocycles. The molecule has 3 heteroatoms. The van der Waals surface area contributed by atoms with Crippen molar-refractivity contribution in [1.82, 2.24) is 0 Å². The summed E-state index contributed by atoms with van der Waals surface area (Å²) in [6, 6.07) is 8.33. The monoisotopic (exact) mass is 233 g/mol. The molecule has 0 amide bonds. The lowest BCUT2D eigenvalue weighted by atomic mass is 10.0. The number of aryl methyl sites for hydroxylation is 1.